The van der Waals surface area contributed by atoms with Gasteiger partial charge < -0.3 is 5.73 Å². The van der Waals surface area contributed by atoms with E-state index in [0.29, 0.717) is 12.1 Å². The topological polar surface area (TPSA) is 43.8 Å². The average molecular weight is 269 g/mol. The van der Waals surface area contributed by atoms with Crippen molar-refractivity contribution in [1.82, 2.24) is 9.78 Å². The fourth-order valence-electron chi connectivity index (χ4n) is 2.03. The van der Waals surface area contributed by atoms with Crippen LogP contribution in [0.3, 0.4) is 0 Å². The summed E-state index contributed by atoms with van der Waals surface area (Å²) in [7, 11) is 0. The first-order valence-electron chi connectivity index (χ1n) is 5.91. The van der Waals surface area contributed by atoms with Crippen LogP contribution in [0.15, 0.2) is 30.5 Å². The third-order valence-corrected chi connectivity index (χ3v) is 2.93. The van der Waals surface area contributed by atoms with E-state index in [-0.39, 0.29) is 12.1 Å². The maximum atomic E-state index is 13.1. The van der Waals surface area contributed by atoms with Crippen LogP contribution in [-0.4, -0.2) is 9.78 Å². The molecule has 0 spiro atoms. The Balaban J connectivity index is 2.66. The monoisotopic (exact) mass is 269 g/mol. The summed E-state index contributed by atoms with van der Waals surface area (Å²) in [5.74, 6) is 0. The van der Waals surface area contributed by atoms with E-state index < -0.39 is 11.9 Å². The van der Waals surface area contributed by atoms with Gasteiger partial charge in [0.25, 0.3) is 0 Å². The number of aromatic nitrogens is 2. The van der Waals surface area contributed by atoms with Crippen LogP contribution in [0.5, 0.6) is 0 Å². The molecule has 2 rings (SSSR count). The number of halogens is 3. The predicted molar refractivity (Wildman–Crippen MR) is 65.8 cm³/mol. The van der Waals surface area contributed by atoms with Crippen molar-refractivity contribution in [3.05, 3.63) is 47.3 Å². The molecule has 2 N–H and O–H groups in total. The van der Waals surface area contributed by atoms with Gasteiger partial charge in [0.1, 0.15) is 0 Å². The van der Waals surface area contributed by atoms with Crippen molar-refractivity contribution in [3.63, 3.8) is 0 Å². The van der Waals surface area contributed by atoms with Crippen molar-refractivity contribution in [2.24, 2.45) is 5.73 Å². The summed E-state index contributed by atoms with van der Waals surface area (Å²) in [5.41, 5.74) is 5.81. The van der Waals surface area contributed by atoms with Crippen molar-refractivity contribution in [2.45, 2.75) is 26.1 Å². The Bertz CT molecular complexity index is 573. The van der Waals surface area contributed by atoms with E-state index in [1.54, 1.807) is 24.3 Å². The number of aryl methyl sites for hydroxylation is 1. The zero-order chi connectivity index (χ0) is 14.0. The summed E-state index contributed by atoms with van der Waals surface area (Å²) < 4.78 is 40.3. The number of hydrogen-bond donors (Lipinski definition) is 1. The molecular weight excluding hydrogens is 255 g/mol. The predicted octanol–water partition coefficient (Wildman–Crippen LogP) is 2.91. The lowest BCUT2D eigenvalue weighted by molar-refractivity contribution is -0.143. The van der Waals surface area contributed by atoms with E-state index in [1.807, 2.05) is 6.92 Å². The number of benzene rings is 1. The molecule has 0 fully saturated rings. The second-order valence-electron chi connectivity index (χ2n) is 4.11. The SMILES string of the molecule is CCc1ccccc1-n1ncc(CN)c1C(F)(F)F. The van der Waals surface area contributed by atoms with Crippen molar-refractivity contribution >= 4 is 0 Å². The highest BCUT2D eigenvalue weighted by Crippen LogP contribution is 2.34. The lowest BCUT2D eigenvalue weighted by atomic mass is 10.1. The van der Waals surface area contributed by atoms with Gasteiger partial charge in [-0.25, -0.2) is 4.68 Å². The summed E-state index contributed by atoms with van der Waals surface area (Å²) in [6, 6.07) is 6.90. The van der Waals surface area contributed by atoms with E-state index in [9.17, 15) is 13.2 Å². The molecule has 1 aromatic heterocycles. The molecule has 1 heterocycles. The van der Waals surface area contributed by atoms with Crippen LogP contribution in [0.4, 0.5) is 13.2 Å². The molecule has 0 saturated carbocycles. The summed E-state index contributed by atoms with van der Waals surface area (Å²) in [4.78, 5) is 0. The minimum Gasteiger partial charge on any atom is -0.326 e. The van der Waals surface area contributed by atoms with Gasteiger partial charge in [0.15, 0.2) is 5.69 Å². The first kappa shape index (κ1) is 13.6. The minimum atomic E-state index is -4.48. The van der Waals surface area contributed by atoms with Crippen LogP contribution in [-0.2, 0) is 19.1 Å². The first-order valence-corrected chi connectivity index (χ1v) is 5.91. The molecule has 0 aliphatic carbocycles. The van der Waals surface area contributed by atoms with E-state index in [0.717, 1.165) is 10.2 Å². The van der Waals surface area contributed by atoms with Gasteiger partial charge in [-0.3, -0.25) is 0 Å². The molecule has 0 aliphatic rings. The molecule has 0 bridgehead atoms. The van der Waals surface area contributed by atoms with Gasteiger partial charge in [0, 0.05) is 12.1 Å². The number of nitrogens with two attached hydrogens (primary N) is 1. The Labute approximate surface area is 108 Å². The van der Waals surface area contributed by atoms with Crippen LogP contribution in [0.1, 0.15) is 23.7 Å². The standard InChI is InChI=1S/C13H14F3N3/c1-2-9-5-3-4-6-11(9)19-12(13(14,15)16)10(7-17)8-18-19/h3-6,8H,2,7,17H2,1H3. The number of alkyl halides is 3. The molecule has 3 nitrogen and oxygen atoms in total. The maximum Gasteiger partial charge on any atom is 0.433 e. The lowest BCUT2D eigenvalue weighted by Gasteiger charge is -2.14. The molecule has 102 valence electrons. The Morgan fingerprint density at radius 2 is 1.89 bits per heavy atom. The quantitative estimate of drug-likeness (QED) is 0.931. The molecule has 2 aromatic rings. The Hall–Kier alpha value is -1.82. The molecule has 0 atom stereocenters. The fourth-order valence-corrected chi connectivity index (χ4v) is 2.03. The van der Waals surface area contributed by atoms with Gasteiger partial charge in [-0.1, -0.05) is 25.1 Å². The first-order chi connectivity index (χ1) is 8.99. The summed E-state index contributed by atoms with van der Waals surface area (Å²) in [6.07, 6.45) is -2.67. The van der Waals surface area contributed by atoms with Crippen LogP contribution in [0.25, 0.3) is 5.69 Å². The molecule has 0 saturated heterocycles. The molecule has 19 heavy (non-hydrogen) atoms. The smallest absolute Gasteiger partial charge is 0.326 e. The molecule has 1 aromatic carbocycles. The van der Waals surface area contributed by atoms with Crippen molar-refractivity contribution < 1.29 is 13.2 Å². The summed E-state index contributed by atoms with van der Waals surface area (Å²) in [6.45, 7) is 1.70. The summed E-state index contributed by atoms with van der Waals surface area (Å²) in [5, 5.41) is 3.85. The van der Waals surface area contributed by atoms with Gasteiger partial charge in [-0.05, 0) is 18.1 Å². The van der Waals surface area contributed by atoms with E-state index in [4.69, 9.17) is 5.73 Å². The van der Waals surface area contributed by atoms with Crippen LogP contribution in [0, 0.1) is 0 Å². The maximum absolute atomic E-state index is 13.1. The third kappa shape index (κ3) is 2.49. The van der Waals surface area contributed by atoms with Crippen LogP contribution >= 0.6 is 0 Å². The zero-order valence-electron chi connectivity index (χ0n) is 10.4. The average Bonchev–Trinajstić information content (AvgIpc) is 2.82. The Morgan fingerprint density at radius 1 is 1.21 bits per heavy atom. The molecule has 0 amide bonds. The van der Waals surface area contributed by atoms with Crippen molar-refractivity contribution in [2.75, 3.05) is 0 Å². The number of nitrogens with zero attached hydrogens (tertiary/aromatic N) is 2. The van der Waals surface area contributed by atoms with E-state index in [2.05, 4.69) is 5.10 Å². The molecule has 0 radical (unpaired) electrons. The highest BCUT2D eigenvalue weighted by Gasteiger charge is 2.38. The highest BCUT2D eigenvalue weighted by molar-refractivity contribution is 5.43. The van der Waals surface area contributed by atoms with Crippen molar-refractivity contribution in [1.29, 1.82) is 0 Å². The van der Waals surface area contributed by atoms with Crippen molar-refractivity contribution in [3.8, 4) is 5.69 Å². The van der Waals surface area contributed by atoms with E-state index in [1.165, 1.54) is 6.20 Å². The minimum absolute atomic E-state index is 0.00148. The molecule has 0 unspecified atom stereocenters. The second-order valence-corrected chi connectivity index (χ2v) is 4.11. The highest BCUT2D eigenvalue weighted by atomic mass is 19.4. The lowest BCUT2D eigenvalue weighted by Crippen LogP contribution is -2.17. The number of hydrogen-bond acceptors (Lipinski definition) is 2. The van der Waals surface area contributed by atoms with Gasteiger partial charge >= 0.3 is 6.18 Å². The second kappa shape index (κ2) is 5.05. The third-order valence-electron chi connectivity index (χ3n) is 2.93. The Kier molecular flexibility index (Phi) is 3.61. The largest absolute Gasteiger partial charge is 0.433 e. The van der Waals surface area contributed by atoms with Crippen LogP contribution < -0.4 is 5.73 Å². The number of rotatable bonds is 3. The van der Waals surface area contributed by atoms with Gasteiger partial charge in [0.2, 0.25) is 0 Å². The van der Waals surface area contributed by atoms with Gasteiger partial charge in [0.05, 0.1) is 11.9 Å². The summed E-state index contributed by atoms with van der Waals surface area (Å²) >= 11 is 0. The normalized spacial score (nSPS) is 11.8. The number of para-hydroxylation sites is 1. The molecule has 6 heteroatoms. The fraction of sp³-hybridized carbons (Fsp3) is 0.308. The zero-order valence-corrected chi connectivity index (χ0v) is 10.4. The molecule has 0 aliphatic heterocycles. The van der Waals surface area contributed by atoms with Crippen LogP contribution in [0.2, 0.25) is 0 Å². The van der Waals surface area contributed by atoms with Gasteiger partial charge in [-0.2, -0.15) is 18.3 Å². The van der Waals surface area contributed by atoms with Gasteiger partial charge in [-0.15, -0.1) is 0 Å². The molecular formula is C13H14F3N3. The Morgan fingerprint density at radius 3 is 2.47 bits per heavy atom. The van der Waals surface area contributed by atoms with E-state index >= 15 is 0 Å².